The number of aromatic nitrogens is 2. The summed E-state index contributed by atoms with van der Waals surface area (Å²) in [6.07, 6.45) is 6.77. The van der Waals surface area contributed by atoms with Gasteiger partial charge in [0.25, 0.3) is 5.56 Å². The summed E-state index contributed by atoms with van der Waals surface area (Å²) >= 11 is 0. The van der Waals surface area contributed by atoms with Crippen LogP contribution in [-0.4, -0.2) is 22.8 Å². The predicted octanol–water partition coefficient (Wildman–Crippen LogP) is 1.48. The van der Waals surface area contributed by atoms with Gasteiger partial charge in [-0.1, -0.05) is 19.3 Å². The second-order valence-corrected chi connectivity index (χ2v) is 4.86. The van der Waals surface area contributed by atoms with Gasteiger partial charge in [-0.25, -0.2) is 4.79 Å². The molecule has 19 heavy (non-hydrogen) atoms. The molecule has 0 aliphatic heterocycles. The van der Waals surface area contributed by atoms with Crippen LogP contribution in [-0.2, 0) is 0 Å². The lowest BCUT2D eigenvalue weighted by molar-refractivity contribution is 0.336. The summed E-state index contributed by atoms with van der Waals surface area (Å²) in [5.41, 5.74) is -0.587. The molecule has 0 spiro atoms. The molecule has 0 radical (unpaired) electrons. The summed E-state index contributed by atoms with van der Waals surface area (Å²) in [5.74, 6) is 0.417. The minimum atomic E-state index is -0.340. The van der Waals surface area contributed by atoms with E-state index in [1.807, 2.05) is 0 Å². The van der Waals surface area contributed by atoms with Gasteiger partial charge in [-0.15, -0.1) is 0 Å². The van der Waals surface area contributed by atoms with Gasteiger partial charge in [-0.3, -0.25) is 19.4 Å². The van der Waals surface area contributed by atoms with Crippen LogP contribution in [0.25, 0.3) is 0 Å². The Labute approximate surface area is 111 Å². The maximum absolute atomic E-state index is 12.1. The topological polar surface area (TPSA) is 70.5 Å². The van der Waals surface area contributed by atoms with E-state index in [4.69, 9.17) is 0 Å². The van der Waals surface area contributed by atoms with Crippen molar-refractivity contribution in [1.29, 1.82) is 0 Å². The Morgan fingerprint density at radius 3 is 2.63 bits per heavy atom. The second-order valence-electron chi connectivity index (χ2n) is 4.86. The molecule has 104 valence electrons. The number of hydrogen-bond donors (Lipinski definition) is 1. The molecule has 0 aromatic carbocycles. The molecule has 6 nitrogen and oxygen atoms in total. The van der Waals surface area contributed by atoms with E-state index in [-0.39, 0.29) is 17.3 Å². The van der Waals surface area contributed by atoms with Crippen molar-refractivity contribution in [1.82, 2.24) is 9.55 Å². The van der Waals surface area contributed by atoms with E-state index >= 15 is 0 Å². The van der Waals surface area contributed by atoms with E-state index < -0.39 is 0 Å². The monoisotopic (exact) mass is 264 g/mol. The summed E-state index contributed by atoms with van der Waals surface area (Å²) in [6, 6.07) is 1.47. The molecule has 0 amide bonds. The maximum atomic E-state index is 12.1. The zero-order valence-corrected chi connectivity index (χ0v) is 11.4. The molecule has 2 rings (SSSR count). The molecule has 1 N–H and O–H groups in total. The van der Waals surface area contributed by atoms with Crippen molar-refractivity contribution in [3.8, 4) is 0 Å². The predicted molar refractivity (Wildman–Crippen MR) is 76.0 cm³/mol. The molecule has 0 bridgehead atoms. The molecular weight excluding hydrogens is 244 g/mol. The van der Waals surface area contributed by atoms with Crippen LogP contribution in [0.1, 0.15) is 45.1 Å². The van der Waals surface area contributed by atoms with E-state index in [1.54, 1.807) is 20.2 Å². The summed E-state index contributed by atoms with van der Waals surface area (Å²) in [6.45, 7) is 1.78. The average molecular weight is 264 g/mol. The molecule has 0 atom stereocenters. The lowest BCUT2D eigenvalue weighted by Crippen LogP contribution is -2.39. The van der Waals surface area contributed by atoms with Gasteiger partial charge in [-0.2, -0.15) is 5.10 Å². The normalized spacial score (nSPS) is 16.9. The maximum Gasteiger partial charge on any atom is 0.330 e. The number of nitrogens with zero attached hydrogens (tertiary/aromatic N) is 3. The van der Waals surface area contributed by atoms with Crippen LogP contribution >= 0.6 is 0 Å². The average Bonchev–Trinajstić information content (AvgIpc) is 2.39. The molecule has 1 aliphatic carbocycles. The highest BCUT2D eigenvalue weighted by Crippen LogP contribution is 2.25. The Hall–Kier alpha value is -1.85. The van der Waals surface area contributed by atoms with Crippen LogP contribution in [0.3, 0.4) is 0 Å². The van der Waals surface area contributed by atoms with Crippen LogP contribution in [0.4, 0.5) is 5.82 Å². The molecule has 1 aliphatic rings. The van der Waals surface area contributed by atoms with Gasteiger partial charge in [0.05, 0.1) is 0 Å². The van der Waals surface area contributed by atoms with Crippen molar-refractivity contribution in [2.45, 2.75) is 45.1 Å². The van der Waals surface area contributed by atoms with Crippen LogP contribution in [0, 0.1) is 0 Å². The molecule has 1 heterocycles. The molecule has 1 aromatic rings. The second kappa shape index (κ2) is 5.86. The van der Waals surface area contributed by atoms with Gasteiger partial charge in [0.2, 0.25) is 0 Å². The molecule has 1 saturated carbocycles. The highest BCUT2D eigenvalue weighted by Gasteiger charge is 2.19. The van der Waals surface area contributed by atoms with Crippen LogP contribution < -0.4 is 16.3 Å². The van der Waals surface area contributed by atoms with Gasteiger partial charge in [-0.05, 0) is 19.8 Å². The molecule has 1 aromatic heterocycles. The van der Waals surface area contributed by atoms with Crippen molar-refractivity contribution in [2.75, 3.05) is 12.1 Å². The van der Waals surface area contributed by atoms with E-state index in [9.17, 15) is 9.59 Å². The number of aromatic amines is 1. The first-order valence-electron chi connectivity index (χ1n) is 6.71. The summed E-state index contributed by atoms with van der Waals surface area (Å²) in [7, 11) is 1.69. The molecule has 0 saturated heterocycles. The Bertz CT molecular complexity index is 535. The fourth-order valence-electron chi connectivity index (χ4n) is 2.59. The largest absolute Gasteiger partial charge is 0.330 e. The number of hydrogen-bond acceptors (Lipinski definition) is 4. The van der Waals surface area contributed by atoms with Crippen molar-refractivity contribution >= 4 is 12.0 Å². The van der Waals surface area contributed by atoms with Crippen molar-refractivity contribution in [3.63, 3.8) is 0 Å². The lowest BCUT2D eigenvalue weighted by Gasteiger charge is -2.23. The number of H-pyrrole nitrogens is 1. The first-order chi connectivity index (χ1) is 9.13. The number of anilines is 1. The number of nitrogens with one attached hydrogen (secondary N) is 1. The van der Waals surface area contributed by atoms with E-state index in [1.165, 1.54) is 22.1 Å². The molecular formula is C13H20N4O2. The first kappa shape index (κ1) is 13.6. The zero-order valence-electron chi connectivity index (χ0n) is 11.4. The molecule has 6 heteroatoms. The highest BCUT2D eigenvalue weighted by molar-refractivity contribution is 5.55. The lowest BCUT2D eigenvalue weighted by atomic mass is 9.95. The quantitative estimate of drug-likeness (QED) is 0.664. The third kappa shape index (κ3) is 2.94. The fourth-order valence-corrected chi connectivity index (χ4v) is 2.59. The van der Waals surface area contributed by atoms with Crippen LogP contribution in [0.2, 0.25) is 0 Å². The number of rotatable bonds is 3. The first-order valence-corrected chi connectivity index (χ1v) is 6.71. The third-order valence-electron chi connectivity index (χ3n) is 3.53. The summed E-state index contributed by atoms with van der Waals surface area (Å²) < 4.78 is 1.35. The Morgan fingerprint density at radius 1 is 1.37 bits per heavy atom. The van der Waals surface area contributed by atoms with E-state index in [2.05, 4.69) is 10.1 Å². The smallest absolute Gasteiger partial charge is 0.292 e. The fraction of sp³-hybridized carbons (Fsp3) is 0.615. The van der Waals surface area contributed by atoms with Crippen LogP contribution in [0.15, 0.2) is 20.8 Å². The minimum absolute atomic E-state index is 0.0408. The third-order valence-corrected chi connectivity index (χ3v) is 3.53. The van der Waals surface area contributed by atoms with Gasteiger partial charge in [0, 0.05) is 25.4 Å². The van der Waals surface area contributed by atoms with Gasteiger partial charge >= 0.3 is 5.69 Å². The van der Waals surface area contributed by atoms with Crippen molar-refractivity contribution in [2.24, 2.45) is 5.10 Å². The minimum Gasteiger partial charge on any atom is -0.292 e. The SMILES string of the molecule is CC=NN(C)c1cc(=O)n(C2CCCCC2)c(=O)[nH]1. The standard InChI is InChI=1S/C13H20N4O2/c1-3-14-16(2)11-9-12(18)17(13(19)15-11)10-7-5-4-6-8-10/h3,9-10H,4-8H2,1-2H3,(H,15,19). The zero-order chi connectivity index (χ0) is 13.8. The van der Waals surface area contributed by atoms with E-state index in [0.717, 1.165) is 25.7 Å². The van der Waals surface area contributed by atoms with Gasteiger partial charge in [0.15, 0.2) is 0 Å². The van der Waals surface area contributed by atoms with Gasteiger partial charge < -0.3 is 0 Å². The Balaban J connectivity index is 2.37. The molecule has 1 fully saturated rings. The summed E-state index contributed by atoms with van der Waals surface area (Å²) in [4.78, 5) is 26.9. The van der Waals surface area contributed by atoms with Crippen LogP contribution in [0.5, 0.6) is 0 Å². The Kier molecular flexibility index (Phi) is 4.19. The number of hydrazone groups is 1. The van der Waals surface area contributed by atoms with Gasteiger partial charge in [0.1, 0.15) is 5.82 Å². The van der Waals surface area contributed by atoms with Crippen molar-refractivity contribution in [3.05, 3.63) is 26.9 Å². The Morgan fingerprint density at radius 2 is 2.05 bits per heavy atom. The highest BCUT2D eigenvalue weighted by atomic mass is 16.2. The summed E-state index contributed by atoms with van der Waals surface area (Å²) in [5, 5.41) is 5.49. The molecule has 0 unspecified atom stereocenters. The van der Waals surface area contributed by atoms with E-state index in [0.29, 0.717) is 5.82 Å². The van der Waals surface area contributed by atoms with Crippen molar-refractivity contribution < 1.29 is 0 Å².